The Hall–Kier alpha value is -4.68. The van der Waals surface area contributed by atoms with Crippen LogP contribution >= 0.6 is 0 Å². The molecule has 344 valence electrons. The minimum atomic E-state index is -0.186. The van der Waals surface area contributed by atoms with Crippen molar-refractivity contribution >= 4 is 0 Å². The monoisotopic (exact) mass is 873 g/mol. The molecule has 0 aliphatic heterocycles. The Kier molecular flexibility index (Phi) is 13.5. The Morgan fingerprint density at radius 1 is 0.455 bits per heavy atom. The summed E-state index contributed by atoms with van der Waals surface area (Å²) >= 11 is 0. The van der Waals surface area contributed by atoms with Gasteiger partial charge in [0.1, 0.15) is 0 Å². The van der Waals surface area contributed by atoms with Crippen LogP contribution < -0.4 is 0 Å². The van der Waals surface area contributed by atoms with Gasteiger partial charge >= 0.3 is 0 Å². The van der Waals surface area contributed by atoms with Crippen LogP contribution in [-0.4, -0.2) is 0 Å². The molecule has 9 rings (SSSR count). The molecule has 0 radical (unpaired) electrons. The lowest BCUT2D eigenvalue weighted by Crippen LogP contribution is -2.29. The van der Waals surface area contributed by atoms with Crippen LogP contribution in [0.1, 0.15) is 208 Å². The van der Waals surface area contributed by atoms with Crippen LogP contribution in [0.25, 0.3) is 22.3 Å². The molecule has 0 aromatic heterocycles. The fourth-order valence-corrected chi connectivity index (χ4v) is 13.1. The van der Waals surface area contributed by atoms with E-state index in [0.717, 1.165) is 12.8 Å². The van der Waals surface area contributed by atoms with Crippen molar-refractivity contribution in [1.29, 1.82) is 0 Å². The highest BCUT2D eigenvalue weighted by Gasteiger charge is 2.47. The number of fused-ring (bicyclic) bond motifs is 7. The van der Waals surface area contributed by atoms with E-state index in [2.05, 4.69) is 172 Å². The molecule has 0 spiro atoms. The molecule has 0 saturated heterocycles. The average molecular weight is 873 g/mol. The normalized spacial score (nSPS) is 16.0. The summed E-state index contributed by atoms with van der Waals surface area (Å²) in [6.45, 7) is 21.2. The second-order valence-corrected chi connectivity index (χ2v) is 22.7. The predicted octanol–water partition coefficient (Wildman–Crippen LogP) is 18.5. The Morgan fingerprint density at radius 3 is 1.44 bits per heavy atom. The summed E-state index contributed by atoms with van der Waals surface area (Å²) in [6, 6.07) is 44.8. The molecule has 6 aromatic carbocycles. The fraction of sp³-hybridized carbons (Fsp3) is 0.455. The van der Waals surface area contributed by atoms with Gasteiger partial charge < -0.3 is 0 Å². The van der Waals surface area contributed by atoms with Crippen molar-refractivity contribution in [3.8, 4) is 22.3 Å². The lowest BCUT2D eigenvalue weighted by molar-refractivity contribution is 0.323. The topological polar surface area (TPSA) is 0 Å². The third kappa shape index (κ3) is 8.58. The van der Waals surface area contributed by atoms with E-state index < -0.39 is 0 Å². The fourth-order valence-electron chi connectivity index (χ4n) is 13.1. The van der Waals surface area contributed by atoms with E-state index in [1.165, 1.54) is 158 Å². The van der Waals surface area contributed by atoms with Crippen molar-refractivity contribution in [2.75, 3.05) is 0 Å². The summed E-state index contributed by atoms with van der Waals surface area (Å²) in [5.41, 5.74) is 26.9. The third-order valence-electron chi connectivity index (χ3n) is 16.7. The van der Waals surface area contributed by atoms with E-state index in [4.69, 9.17) is 0 Å². The van der Waals surface area contributed by atoms with Crippen LogP contribution in [-0.2, 0) is 30.1 Å². The summed E-state index contributed by atoms with van der Waals surface area (Å²) in [5.74, 6) is 0.686. The van der Waals surface area contributed by atoms with Gasteiger partial charge in [-0.3, -0.25) is 0 Å². The van der Waals surface area contributed by atoms with E-state index in [9.17, 15) is 0 Å². The lowest BCUT2D eigenvalue weighted by atomic mass is 9.65. The zero-order valence-corrected chi connectivity index (χ0v) is 42.5. The van der Waals surface area contributed by atoms with Crippen LogP contribution in [0.2, 0.25) is 0 Å². The van der Waals surface area contributed by atoms with Gasteiger partial charge in [0.05, 0.1) is 0 Å². The number of hydrogen-bond donors (Lipinski definition) is 0. The van der Waals surface area contributed by atoms with Gasteiger partial charge in [-0.25, -0.2) is 0 Å². The van der Waals surface area contributed by atoms with E-state index in [0.29, 0.717) is 11.3 Å². The highest BCUT2D eigenvalue weighted by molar-refractivity contribution is 5.86. The maximum absolute atomic E-state index is 2.68. The van der Waals surface area contributed by atoms with Gasteiger partial charge in [0.15, 0.2) is 0 Å². The largest absolute Gasteiger partial charge is 0.0654 e. The van der Waals surface area contributed by atoms with Crippen LogP contribution in [0.4, 0.5) is 0 Å². The molecule has 0 fully saturated rings. The number of rotatable bonds is 19. The van der Waals surface area contributed by atoms with E-state index in [1.54, 1.807) is 38.9 Å². The van der Waals surface area contributed by atoms with Crippen molar-refractivity contribution in [2.45, 2.75) is 188 Å². The third-order valence-corrected chi connectivity index (χ3v) is 16.7. The van der Waals surface area contributed by atoms with Gasteiger partial charge in [0, 0.05) is 10.8 Å². The summed E-state index contributed by atoms with van der Waals surface area (Å²) < 4.78 is 0. The number of unbranched alkanes of at least 4 members (excludes halogenated alkanes) is 8. The van der Waals surface area contributed by atoms with Gasteiger partial charge in [0.2, 0.25) is 0 Å². The highest BCUT2D eigenvalue weighted by Crippen LogP contribution is 2.59. The standard InChI is InChI=1S/C66H80/c1-10-12-14-17-25-49-39-50(26-18-15-13-11-2)41-54(40-49)66(62-37-47(5)45(3)35-58(62)59-36-46(4)48(6)38-63(59)66)34-24-16-23-33-65(53-31-32-55-51(43-53)42-52(55)44-64(7,8)9)60-29-21-19-27-56(60)57-28-20-22-30-61(57)65/h19-22,27-32,35-41,43,52H,10-18,23-26,33-34,42,44H2,1-9H3. The molecule has 1 atom stereocenters. The van der Waals surface area contributed by atoms with Crippen molar-refractivity contribution in [3.63, 3.8) is 0 Å². The second-order valence-electron chi connectivity index (χ2n) is 22.7. The quantitative estimate of drug-likeness (QED) is 0.0712. The molecule has 0 heteroatoms. The smallest absolute Gasteiger partial charge is 0.0464 e. The molecule has 3 aliphatic rings. The predicted molar refractivity (Wildman–Crippen MR) is 285 cm³/mol. The van der Waals surface area contributed by atoms with Crippen molar-refractivity contribution in [3.05, 3.63) is 187 Å². The first-order chi connectivity index (χ1) is 31.9. The van der Waals surface area contributed by atoms with Gasteiger partial charge in [-0.2, -0.15) is 0 Å². The Bertz CT molecular complexity index is 2560. The molecule has 0 nitrogen and oxygen atoms in total. The molecule has 0 saturated carbocycles. The zero-order chi connectivity index (χ0) is 46.2. The van der Waals surface area contributed by atoms with E-state index >= 15 is 0 Å². The second kappa shape index (κ2) is 19.1. The summed E-state index contributed by atoms with van der Waals surface area (Å²) in [4.78, 5) is 0. The SMILES string of the molecule is CCCCCCc1cc(CCCCCC)cc(C2(CCCCCC3(c4ccc5c(c4)CC5CC(C)(C)C)c4ccccc4-c4ccccc43)c3cc(C)c(C)cc3-c3cc(C)c(C)cc32)c1. The summed E-state index contributed by atoms with van der Waals surface area (Å²) in [5, 5.41) is 0. The van der Waals surface area contributed by atoms with Crippen LogP contribution in [0.5, 0.6) is 0 Å². The van der Waals surface area contributed by atoms with Gasteiger partial charge in [0.25, 0.3) is 0 Å². The molecule has 0 amide bonds. The van der Waals surface area contributed by atoms with Crippen LogP contribution in [0, 0.1) is 33.1 Å². The first-order valence-electron chi connectivity index (χ1n) is 26.6. The molecule has 0 bridgehead atoms. The molecule has 1 unspecified atom stereocenters. The number of aryl methyl sites for hydroxylation is 6. The van der Waals surface area contributed by atoms with Crippen LogP contribution in [0.15, 0.2) is 109 Å². The number of benzene rings is 6. The molecule has 66 heavy (non-hydrogen) atoms. The number of hydrogen-bond acceptors (Lipinski definition) is 0. The first kappa shape index (κ1) is 46.4. The Balaban J connectivity index is 1.10. The minimum Gasteiger partial charge on any atom is -0.0654 e. The van der Waals surface area contributed by atoms with Gasteiger partial charge in [-0.15, -0.1) is 0 Å². The maximum Gasteiger partial charge on any atom is 0.0464 e. The molecular formula is C66H80. The Morgan fingerprint density at radius 2 is 0.939 bits per heavy atom. The average Bonchev–Trinajstić information content (AvgIpc) is 3.72. The zero-order valence-electron chi connectivity index (χ0n) is 42.5. The molecular weight excluding hydrogens is 793 g/mol. The van der Waals surface area contributed by atoms with Crippen molar-refractivity contribution in [2.24, 2.45) is 5.41 Å². The van der Waals surface area contributed by atoms with E-state index in [1.807, 2.05) is 0 Å². The van der Waals surface area contributed by atoms with Crippen LogP contribution in [0.3, 0.4) is 0 Å². The first-order valence-corrected chi connectivity index (χ1v) is 26.6. The summed E-state index contributed by atoms with van der Waals surface area (Å²) in [6.07, 6.45) is 21.0. The van der Waals surface area contributed by atoms with Crippen molar-refractivity contribution in [1.82, 2.24) is 0 Å². The van der Waals surface area contributed by atoms with Crippen molar-refractivity contribution < 1.29 is 0 Å². The molecule has 0 heterocycles. The lowest BCUT2D eigenvalue weighted by Gasteiger charge is -2.39. The molecule has 3 aliphatic carbocycles. The highest BCUT2D eigenvalue weighted by atomic mass is 14.5. The van der Waals surface area contributed by atoms with Gasteiger partial charge in [-0.05, 0) is 191 Å². The Labute approximate surface area is 401 Å². The molecule has 0 N–H and O–H groups in total. The van der Waals surface area contributed by atoms with E-state index in [-0.39, 0.29) is 10.8 Å². The summed E-state index contributed by atoms with van der Waals surface area (Å²) in [7, 11) is 0. The minimum absolute atomic E-state index is 0.149. The maximum atomic E-state index is 2.68. The molecule has 6 aromatic rings. The van der Waals surface area contributed by atoms with Gasteiger partial charge in [-0.1, -0.05) is 202 Å².